The molecule has 0 spiro atoms. The molecule has 110 heavy (non-hydrogen) atoms. The molecule has 0 aliphatic rings. The molecule has 0 saturated carbocycles. The summed E-state index contributed by atoms with van der Waals surface area (Å²) < 4.78 is 10.5. The largest absolute Gasteiger partial charge is 0.344 e. The summed E-state index contributed by atoms with van der Waals surface area (Å²) in [5.74, 6) is 0. The number of hydrogen-bond acceptors (Lipinski definition) is 29. The summed E-state index contributed by atoms with van der Waals surface area (Å²) in [6, 6.07) is 0. The van der Waals surface area contributed by atoms with Crippen LogP contribution in [0, 0.1) is 0 Å². The minimum Gasteiger partial charge on any atom is -0.344 e. The summed E-state index contributed by atoms with van der Waals surface area (Å²) in [6.45, 7) is 0. The molecule has 0 unspecified atom stereocenters. The number of hydrogen-bond donors (Lipinski definition) is 2. The fourth-order valence-electron chi connectivity index (χ4n) is 0. The maximum absolute atomic E-state index is 5.25. The molecule has 0 heterocycles. The zero-order chi connectivity index (χ0) is 77.1. The van der Waals surface area contributed by atoms with Crippen LogP contribution in [0.3, 0.4) is 0 Å². The van der Waals surface area contributed by atoms with E-state index in [0.717, 1.165) is 0 Å². The van der Waals surface area contributed by atoms with Gasteiger partial charge in [-0.3, -0.25) is 0 Å². The topological polar surface area (TPSA) is 70.0 Å². The summed E-state index contributed by atoms with van der Waals surface area (Å²) in [5.41, 5.74) is 0. The number of rotatable bonds is 0. The first-order chi connectivity index (χ1) is 40.2. The van der Waals surface area contributed by atoms with E-state index in [1.165, 1.54) is 0 Å². The summed E-state index contributed by atoms with van der Waals surface area (Å²) in [7, 11) is 0. The standard InChI is InChI=1S/27C2H6S.27CH4.2H3N/c27*1-3-2;;;;;;;;;;;;;;;;;;;;;;;;;;;;;/h27*1-2H3;27*1H4;2*1H3/i/hD2. The second-order valence-corrected chi connectivity index (χ2v) is 33.1. The molecule has 0 aromatic carbocycles. The fraction of sp³-hybridized carbons (Fsp3) is 1.00. The van der Waals surface area contributed by atoms with Crippen molar-refractivity contribution in [2.75, 3.05) is 338 Å². The predicted octanol–water partition coefficient (Wildman–Crippen LogP) is 43.9. The highest BCUT2D eigenvalue weighted by molar-refractivity contribution is 8.02. The third kappa shape index (κ3) is 18100. The third-order valence-electron chi connectivity index (χ3n) is 0. The summed E-state index contributed by atoms with van der Waals surface area (Å²) in [4.78, 5) is 0. The minimum absolute atomic E-state index is 0. The van der Waals surface area contributed by atoms with Crippen LogP contribution in [-0.4, -0.2) is 338 Å². The molecule has 0 aliphatic heterocycles. The van der Waals surface area contributed by atoms with Gasteiger partial charge in [0.25, 0.3) is 0 Å². The van der Waals surface area contributed by atoms with Crippen molar-refractivity contribution in [3.05, 3.63) is 0 Å². The van der Waals surface area contributed by atoms with Crippen LogP contribution in [0.25, 0.3) is 0 Å². The van der Waals surface area contributed by atoms with Gasteiger partial charge in [-0.1, -0.05) is 201 Å². The first kappa shape index (κ1) is 391. The van der Waals surface area contributed by atoms with Crippen molar-refractivity contribution in [1.29, 1.82) is 0 Å². The normalized spacial score (nSPS) is 4.55. The Kier molecular flexibility index (Phi) is 4390. The SMILES string of the molecule is C.C.C.C.C.C.C.C.C.C.C.C.C.C.C.C.C.C.C.C.C.C.C.C.C.C.C.CSC.CSC.CSC.CSC.CSC.CSC.CSC.CSC.CSC.CSC.CSC.CSC.CSC.CSC.CSC.CSC.CSC.CSC.CSC.CSC.CSC.CSC.CSC.CSC.CSC.CSC.CSC.[2H]N.[2H]N. The van der Waals surface area contributed by atoms with Gasteiger partial charge < -0.3 is 12.3 Å². The highest BCUT2D eigenvalue weighted by atomic mass is 32.2. The van der Waals surface area contributed by atoms with Crippen LogP contribution < -0.4 is 12.3 Å². The molecule has 0 amide bonds. The molecule has 0 rings (SSSR count). The van der Waals surface area contributed by atoms with E-state index < -0.39 is 0 Å². The van der Waals surface area contributed by atoms with E-state index in [-0.39, 0.29) is 201 Å². The van der Waals surface area contributed by atoms with Crippen LogP contribution in [0.15, 0.2) is 0 Å². The molecule has 0 saturated heterocycles. The molecule has 0 atom stereocenters. The lowest BCUT2D eigenvalue weighted by molar-refractivity contribution is 2.13. The molecule has 0 aromatic heterocycles. The maximum atomic E-state index is 5.25. The second kappa shape index (κ2) is 1230. The molecular formula is C81H276N2S27. The van der Waals surface area contributed by atoms with Gasteiger partial charge in [-0.2, -0.15) is 318 Å². The first-order valence-electron chi connectivity index (χ1n) is 23.2. The van der Waals surface area contributed by atoms with E-state index in [1.807, 2.05) is 338 Å². The highest BCUT2D eigenvalue weighted by Gasteiger charge is 1.40. The van der Waals surface area contributed by atoms with Crippen molar-refractivity contribution in [2.45, 2.75) is 201 Å². The smallest absolute Gasteiger partial charge is 0.115 e. The van der Waals surface area contributed by atoms with E-state index >= 15 is 0 Å². The van der Waals surface area contributed by atoms with Gasteiger partial charge in [0.2, 0.25) is 0 Å². The molecule has 2 nitrogen and oxygen atoms in total. The Balaban J connectivity index is -0.00000000533. The predicted molar refractivity (Wildman–Crippen MR) is 717 cm³/mol. The van der Waals surface area contributed by atoms with Gasteiger partial charge in [0.15, 0.2) is 0 Å². The lowest BCUT2D eigenvalue weighted by Crippen LogP contribution is -1.25. The molecule has 0 radical (unpaired) electrons. The van der Waals surface area contributed by atoms with E-state index in [0.29, 0.717) is 0 Å². The molecule has 0 bridgehead atoms. The Hall–Kier alpha value is 9.37. The van der Waals surface area contributed by atoms with Crippen molar-refractivity contribution in [2.24, 2.45) is 0 Å². The average molecular weight is 2150 g/mol. The van der Waals surface area contributed by atoms with Crippen molar-refractivity contribution in [1.82, 2.24) is 12.3 Å². The van der Waals surface area contributed by atoms with Crippen LogP contribution in [0.5, 0.6) is 0 Å². The van der Waals surface area contributed by atoms with Crippen LogP contribution in [-0.2, 0) is 0 Å². The molecule has 6 N–H and O–H groups in total. The first-order valence-corrected chi connectivity index (χ1v) is 66.1. The van der Waals surface area contributed by atoms with E-state index in [9.17, 15) is 0 Å². The van der Waals surface area contributed by atoms with Gasteiger partial charge in [-0.15, -0.1) is 0 Å². The average Bonchev–Trinajstić information content (AvgIpc) is 3.40. The van der Waals surface area contributed by atoms with E-state index in [4.69, 9.17) is 2.82 Å². The monoisotopic (exact) mass is 2140 g/mol. The quantitative estimate of drug-likeness (QED) is 0.242. The Bertz CT molecular complexity index is 245. The second-order valence-electron chi connectivity index (χ2n) is 11.0. The molecular weight excluding hydrogens is 1870 g/mol. The molecule has 29 heteroatoms. The van der Waals surface area contributed by atoms with Gasteiger partial charge >= 0.3 is 0 Å². The summed E-state index contributed by atoms with van der Waals surface area (Å²) in [5, 5.41) is 0. The lowest BCUT2D eigenvalue weighted by Gasteiger charge is -1.51. The summed E-state index contributed by atoms with van der Waals surface area (Å²) >= 11 is 47.2. The Labute approximate surface area is 860 Å². The Morgan fingerprint density at radius 1 is 0.0727 bits per heavy atom. The zero-order valence-electron chi connectivity index (χ0n) is 68.2. The molecule has 0 aromatic rings. The highest BCUT2D eigenvalue weighted by Crippen LogP contribution is 1.77. The van der Waals surface area contributed by atoms with Crippen LogP contribution >= 0.6 is 318 Å². The van der Waals surface area contributed by atoms with Gasteiger partial charge in [-0.05, 0) is 338 Å². The van der Waals surface area contributed by atoms with Gasteiger partial charge in [0, 0.05) is 0 Å². The molecule has 0 fully saturated rings. The maximum Gasteiger partial charge on any atom is 0.115 e. The van der Waals surface area contributed by atoms with Gasteiger partial charge in [0.1, 0.15) is 2.82 Å². The Morgan fingerprint density at radius 2 is 0.0727 bits per heavy atom. The van der Waals surface area contributed by atoms with Crippen LogP contribution in [0.4, 0.5) is 0 Å². The van der Waals surface area contributed by atoms with Crippen molar-refractivity contribution in [3.8, 4) is 0 Å². The van der Waals surface area contributed by atoms with E-state index in [2.05, 4.69) is 12.3 Å². The van der Waals surface area contributed by atoms with Crippen molar-refractivity contribution < 1.29 is 2.82 Å². The van der Waals surface area contributed by atoms with Crippen LogP contribution in [0.2, 0.25) is 2.82 Å². The van der Waals surface area contributed by atoms with Gasteiger partial charge in [-0.25, -0.2) is 0 Å². The number of thioether (sulfide) groups is 27. The van der Waals surface area contributed by atoms with Gasteiger partial charge in [0.05, 0.1) is 0 Å². The van der Waals surface area contributed by atoms with Crippen molar-refractivity contribution in [3.63, 3.8) is 0 Å². The lowest BCUT2D eigenvalue weighted by atomic mass is 11.9. The van der Waals surface area contributed by atoms with E-state index in [1.54, 1.807) is 318 Å². The third-order valence-corrected chi connectivity index (χ3v) is 0. The molecule has 0 aliphatic carbocycles. The van der Waals surface area contributed by atoms with Crippen molar-refractivity contribution >= 4 is 318 Å². The summed E-state index contributed by atoms with van der Waals surface area (Å²) in [6.07, 6.45) is 118. The molecule has 772 valence electrons. The fourth-order valence-corrected chi connectivity index (χ4v) is 0. The Morgan fingerprint density at radius 3 is 0.0727 bits per heavy atom. The zero-order valence-corrected chi connectivity index (χ0v) is 88.2. The minimum atomic E-state index is 0. The van der Waals surface area contributed by atoms with Crippen LogP contribution in [0.1, 0.15) is 201 Å².